The fourth-order valence-corrected chi connectivity index (χ4v) is 1.13. The maximum atomic E-state index is 12.6. The van der Waals surface area contributed by atoms with Gasteiger partial charge < -0.3 is 9.63 Å². The molecule has 0 aliphatic heterocycles. The summed E-state index contributed by atoms with van der Waals surface area (Å²) in [5.41, 5.74) is 0.972. The van der Waals surface area contributed by atoms with Gasteiger partial charge in [-0.25, -0.2) is 9.18 Å². The second-order valence-corrected chi connectivity index (χ2v) is 2.89. The lowest BCUT2D eigenvalue weighted by Crippen LogP contribution is -1.91. The number of carbonyl (C=O) groups is 1. The molecular formula is C10H6FNO3. The monoisotopic (exact) mass is 207 g/mol. The van der Waals surface area contributed by atoms with E-state index in [9.17, 15) is 9.18 Å². The molecule has 0 fully saturated rings. The Morgan fingerprint density at radius 1 is 1.33 bits per heavy atom. The first-order valence-corrected chi connectivity index (χ1v) is 4.13. The summed E-state index contributed by atoms with van der Waals surface area (Å²) in [5.74, 6) is -1.79. The predicted molar refractivity (Wildman–Crippen MR) is 48.9 cm³/mol. The molecule has 15 heavy (non-hydrogen) atoms. The Morgan fingerprint density at radius 2 is 2.00 bits per heavy atom. The molecule has 2 aromatic rings. The van der Waals surface area contributed by atoms with E-state index in [4.69, 9.17) is 5.11 Å². The van der Waals surface area contributed by atoms with Gasteiger partial charge in [0.15, 0.2) is 0 Å². The van der Waals surface area contributed by atoms with Crippen LogP contribution in [0.25, 0.3) is 11.3 Å². The number of aromatic carboxylic acids is 1. The summed E-state index contributed by atoms with van der Waals surface area (Å²) in [4.78, 5) is 10.5. The SMILES string of the molecule is O=C(O)c1cc(-c2ccc(F)cc2)no1. The highest BCUT2D eigenvalue weighted by Crippen LogP contribution is 2.19. The lowest BCUT2D eigenvalue weighted by molar-refractivity contribution is 0.0652. The zero-order valence-electron chi connectivity index (χ0n) is 7.48. The molecule has 1 N–H and O–H groups in total. The van der Waals surface area contributed by atoms with E-state index in [1.54, 1.807) is 0 Å². The zero-order chi connectivity index (χ0) is 10.8. The standard InChI is InChI=1S/C10H6FNO3/c11-7-3-1-6(2-4-7)8-5-9(10(13)14)15-12-8/h1-5H,(H,13,14). The van der Waals surface area contributed by atoms with Crippen molar-refractivity contribution in [2.24, 2.45) is 0 Å². The van der Waals surface area contributed by atoms with Gasteiger partial charge in [-0.15, -0.1) is 0 Å². The van der Waals surface area contributed by atoms with Gasteiger partial charge in [0.2, 0.25) is 5.76 Å². The molecule has 0 saturated carbocycles. The topological polar surface area (TPSA) is 63.3 Å². The third-order valence-corrected chi connectivity index (χ3v) is 1.86. The number of rotatable bonds is 2. The van der Waals surface area contributed by atoms with Crippen molar-refractivity contribution < 1.29 is 18.8 Å². The molecule has 1 aromatic heterocycles. The first-order chi connectivity index (χ1) is 7.16. The first-order valence-electron chi connectivity index (χ1n) is 4.13. The maximum Gasteiger partial charge on any atom is 0.374 e. The Morgan fingerprint density at radius 3 is 2.53 bits per heavy atom. The molecule has 0 amide bonds. The average molecular weight is 207 g/mol. The molecule has 1 heterocycles. The van der Waals surface area contributed by atoms with Crippen molar-refractivity contribution in [1.29, 1.82) is 0 Å². The van der Waals surface area contributed by atoms with E-state index in [0.29, 0.717) is 11.3 Å². The molecule has 0 atom stereocenters. The smallest absolute Gasteiger partial charge is 0.374 e. The van der Waals surface area contributed by atoms with Crippen molar-refractivity contribution in [3.8, 4) is 11.3 Å². The lowest BCUT2D eigenvalue weighted by atomic mass is 10.1. The fraction of sp³-hybridized carbons (Fsp3) is 0. The van der Waals surface area contributed by atoms with Gasteiger partial charge in [0.1, 0.15) is 11.5 Å². The number of halogens is 1. The molecule has 0 aliphatic rings. The average Bonchev–Trinajstić information content (AvgIpc) is 2.68. The summed E-state index contributed by atoms with van der Waals surface area (Å²) in [5, 5.41) is 12.2. The molecule has 4 nitrogen and oxygen atoms in total. The summed E-state index contributed by atoms with van der Waals surface area (Å²) in [6.07, 6.45) is 0. The molecule has 5 heteroatoms. The van der Waals surface area contributed by atoms with Crippen LogP contribution < -0.4 is 0 Å². The minimum atomic E-state index is -1.18. The summed E-state index contributed by atoms with van der Waals surface area (Å²) in [7, 11) is 0. The van der Waals surface area contributed by atoms with E-state index >= 15 is 0 Å². The van der Waals surface area contributed by atoms with E-state index in [1.165, 1.54) is 30.3 Å². The highest BCUT2D eigenvalue weighted by molar-refractivity contribution is 5.85. The Balaban J connectivity index is 2.37. The van der Waals surface area contributed by atoms with Crippen LogP contribution in [0, 0.1) is 5.82 Å². The van der Waals surface area contributed by atoms with Crippen molar-refractivity contribution in [2.75, 3.05) is 0 Å². The van der Waals surface area contributed by atoms with Crippen molar-refractivity contribution in [3.05, 3.63) is 41.9 Å². The van der Waals surface area contributed by atoms with E-state index in [1.807, 2.05) is 0 Å². The third-order valence-electron chi connectivity index (χ3n) is 1.86. The Kier molecular flexibility index (Phi) is 2.21. The van der Waals surface area contributed by atoms with Gasteiger partial charge in [0.25, 0.3) is 0 Å². The van der Waals surface area contributed by atoms with E-state index < -0.39 is 5.97 Å². The van der Waals surface area contributed by atoms with Crippen LogP contribution in [0.4, 0.5) is 4.39 Å². The molecule has 0 aliphatic carbocycles. The molecule has 0 bridgehead atoms. The second-order valence-electron chi connectivity index (χ2n) is 2.89. The molecule has 76 valence electrons. The van der Waals surface area contributed by atoms with Crippen LogP contribution in [0.5, 0.6) is 0 Å². The van der Waals surface area contributed by atoms with Crippen LogP contribution in [-0.4, -0.2) is 16.2 Å². The van der Waals surface area contributed by atoms with Crippen LogP contribution in [0.3, 0.4) is 0 Å². The largest absolute Gasteiger partial charge is 0.475 e. The van der Waals surface area contributed by atoms with Gasteiger partial charge in [-0.2, -0.15) is 0 Å². The molecule has 0 unspecified atom stereocenters. The third kappa shape index (κ3) is 1.85. The summed E-state index contributed by atoms with van der Waals surface area (Å²) in [6.45, 7) is 0. The van der Waals surface area contributed by atoms with Crippen LogP contribution >= 0.6 is 0 Å². The summed E-state index contributed by atoms with van der Waals surface area (Å²) >= 11 is 0. The lowest BCUT2D eigenvalue weighted by Gasteiger charge is -1.93. The molecule has 2 rings (SSSR count). The van der Waals surface area contributed by atoms with Crippen molar-refractivity contribution in [3.63, 3.8) is 0 Å². The van der Waals surface area contributed by atoms with Crippen LogP contribution in [0.15, 0.2) is 34.9 Å². The van der Waals surface area contributed by atoms with Gasteiger partial charge >= 0.3 is 5.97 Å². The zero-order valence-corrected chi connectivity index (χ0v) is 7.48. The van der Waals surface area contributed by atoms with Gasteiger partial charge in [-0.3, -0.25) is 0 Å². The second kappa shape index (κ2) is 3.53. The van der Waals surface area contributed by atoms with E-state index in [0.717, 1.165) is 0 Å². The molecule has 0 radical (unpaired) electrons. The first kappa shape index (κ1) is 9.39. The minimum Gasteiger partial charge on any atom is -0.475 e. The Labute approximate surface area is 83.9 Å². The van der Waals surface area contributed by atoms with Gasteiger partial charge in [0, 0.05) is 11.6 Å². The van der Waals surface area contributed by atoms with Crippen molar-refractivity contribution >= 4 is 5.97 Å². The van der Waals surface area contributed by atoms with Crippen molar-refractivity contribution in [2.45, 2.75) is 0 Å². The highest BCUT2D eigenvalue weighted by atomic mass is 19.1. The number of nitrogens with zero attached hydrogens (tertiary/aromatic N) is 1. The number of carboxylic acid groups (broad SMARTS) is 1. The van der Waals surface area contributed by atoms with E-state index in [2.05, 4.69) is 9.68 Å². The summed E-state index contributed by atoms with van der Waals surface area (Å²) in [6, 6.07) is 6.82. The molecular weight excluding hydrogens is 201 g/mol. The van der Waals surface area contributed by atoms with Gasteiger partial charge in [-0.05, 0) is 24.3 Å². The number of aromatic nitrogens is 1. The Hall–Kier alpha value is -2.17. The van der Waals surface area contributed by atoms with Crippen LogP contribution in [-0.2, 0) is 0 Å². The van der Waals surface area contributed by atoms with Crippen LogP contribution in [0.2, 0.25) is 0 Å². The minimum absolute atomic E-state index is 0.241. The number of benzene rings is 1. The van der Waals surface area contributed by atoms with Gasteiger partial charge in [0.05, 0.1) is 0 Å². The maximum absolute atomic E-state index is 12.6. The predicted octanol–water partition coefficient (Wildman–Crippen LogP) is 2.18. The van der Waals surface area contributed by atoms with E-state index in [-0.39, 0.29) is 11.6 Å². The number of carboxylic acids is 1. The molecule has 1 aromatic carbocycles. The van der Waals surface area contributed by atoms with Crippen LogP contribution in [0.1, 0.15) is 10.6 Å². The molecule has 0 saturated heterocycles. The van der Waals surface area contributed by atoms with Gasteiger partial charge in [-0.1, -0.05) is 5.16 Å². The normalized spacial score (nSPS) is 10.2. The fourth-order valence-electron chi connectivity index (χ4n) is 1.13. The quantitative estimate of drug-likeness (QED) is 0.819. The number of hydrogen-bond donors (Lipinski definition) is 1. The molecule has 0 spiro atoms. The van der Waals surface area contributed by atoms with Crippen molar-refractivity contribution in [1.82, 2.24) is 5.16 Å². The summed E-state index contributed by atoms with van der Waals surface area (Å²) < 4.78 is 17.2. The highest BCUT2D eigenvalue weighted by Gasteiger charge is 2.11. The Bertz CT molecular complexity index is 490. The number of hydrogen-bond acceptors (Lipinski definition) is 3.